The van der Waals surface area contributed by atoms with E-state index in [9.17, 15) is 4.79 Å². The SMILES string of the molecule is CCc1nc(C(=O)Nc2cccc3cccnc23)n[nH]1. The van der Waals surface area contributed by atoms with Gasteiger partial charge in [0.25, 0.3) is 5.91 Å². The van der Waals surface area contributed by atoms with Crippen LogP contribution in [0.3, 0.4) is 0 Å². The molecule has 0 atom stereocenters. The summed E-state index contributed by atoms with van der Waals surface area (Å²) >= 11 is 0. The van der Waals surface area contributed by atoms with E-state index in [0.29, 0.717) is 17.9 Å². The quantitative estimate of drug-likeness (QED) is 0.761. The summed E-state index contributed by atoms with van der Waals surface area (Å²) in [7, 11) is 0. The summed E-state index contributed by atoms with van der Waals surface area (Å²) in [6.45, 7) is 1.94. The molecule has 2 N–H and O–H groups in total. The van der Waals surface area contributed by atoms with Crippen LogP contribution in [0.5, 0.6) is 0 Å². The van der Waals surface area contributed by atoms with Crippen LogP contribution in [0.15, 0.2) is 36.5 Å². The van der Waals surface area contributed by atoms with Crippen molar-refractivity contribution in [3.05, 3.63) is 48.2 Å². The van der Waals surface area contributed by atoms with Crippen LogP contribution in [-0.4, -0.2) is 26.1 Å². The summed E-state index contributed by atoms with van der Waals surface area (Å²) in [5.74, 6) is 0.472. The highest BCUT2D eigenvalue weighted by atomic mass is 16.2. The summed E-state index contributed by atoms with van der Waals surface area (Å²) in [6.07, 6.45) is 2.40. The Morgan fingerprint density at radius 3 is 2.95 bits per heavy atom. The molecule has 0 saturated heterocycles. The number of carbonyl (C=O) groups excluding carboxylic acids is 1. The molecule has 0 saturated carbocycles. The van der Waals surface area contributed by atoms with Gasteiger partial charge >= 0.3 is 0 Å². The van der Waals surface area contributed by atoms with Crippen molar-refractivity contribution in [2.75, 3.05) is 5.32 Å². The van der Waals surface area contributed by atoms with Crippen molar-refractivity contribution < 1.29 is 4.79 Å². The highest BCUT2D eigenvalue weighted by Crippen LogP contribution is 2.20. The number of para-hydroxylation sites is 1. The number of hydrogen-bond donors (Lipinski definition) is 2. The van der Waals surface area contributed by atoms with Gasteiger partial charge in [-0.3, -0.25) is 14.9 Å². The molecular weight excluding hydrogens is 254 g/mol. The topological polar surface area (TPSA) is 83.6 Å². The smallest absolute Gasteiger partial charge is 0.295 e. The highest BCUT2D eigenvalue weighted by molar-refractivity contribution is 6.06. The lowest BCUT2D eigenvalue weighted by Crippen LogP contribution is -2.14. The number of amides is 1. The van der Waals surface area contributed by atoms with Gasteiger partial charge in [-0.15, -0.1) is 5.10 Å². The van der Waals surface area contributed by atoms with Gasteiger partial charge in [-0.1, -0.05) is 25.1 Å². The van der Waals surface area contributed by atoms with E-state index in [1.165, 1.54) is 0 Å². The normalized spacial score (nSPS) is 10.7. The number of nitrogens with zero attached hydrogens (tertiary/aromatic N) is 3. The molecule has 3 aromatic rings. The first kappa shape index (κ1) is 12.3. The molecule has 0 unspecified atom stereocenters. The maximum atomic E-state index is 12.1. The van der Waals surface area contributed by atoms with Gasteiger partial charge in [0.1, 0.15) is 5.82 Å². The maximum absolute atomic E-state index is 12.1. The Balaban J connectivity index is 1.91. The first-order valence-electron chi connectivity index (χ1n) is 6.34. The Bertz CT molecular complexity index is 760. The minimum absolute atomic E-state index is 0.134. The Kier molecular flexibility index (Phi) is 3.12. The summed E-state index contributed by atoms with van der Waals surface area (Å²) in [4.78, 5) is 20.5. The largest absolute Gasteiger partial charge is 0.317 e. The number of H-pyrrole nitrogens is 1. The third-order valence-corrected chi connectivity index (χ3v) is 2.95. The van der Waals surface area contributed by atoms with Gasteiger partial charge in [0.2, 0.25) is 5.82 Å². The predicted octanol–water partition coefficient (Wildman–Crippen LogP) is 2.17. The Hall–Kier alpha value is -2.76. The van der Waals surface area contributed by atoms with Crippen molar-refractivity contribution in [3.63, 3.8) is 0 Å². The number of carbonyl (C=O) groups is 1. The van der Waals surface area contributed by atoms with Crippen molar-refractivity contribution in [1.29, 1.82) is 0 Å². The first-order valence-corrected chi connectivity index (χ1v) is 6.34. The number of rotatable bonds is 3. The zero-order valence-electron chi connectivity index (χ0n) is 10.9. The molecule has 0 spiro atoms. The summed E-state index contributed by atoms with van der Waals surface area (Å²) < 4.78 is 0. The molecule has 0 aliphatic rings. The number of benzene rings is 1. The van der Waals surface area contributed by atoms with Crippen LogP contribution in [0.4, 0.5) is 5.69 Å². The minimum atomic E-state index is -0.348. The van der Waals surface area contributed by atoms with Gasteiger partial charge in [0, 0.05) is 18.0 Å². The van der Waals surface area contributed by atoms with Crippen molar-refractivity contribution in [3.8, 4) is 0 Å². The number of fused-ring (bicyclic) bond motifs is 1. The van der Waals surface area contributed by atoms with Gasteiger partial charge in [-0.2, -0.15) is 0 Å². The lowest BCUT2D eigenvalue weighted by atomic mass is 10.2. The van der Waals surface area contributed by atoms with E-state index in [1.54, 1.807) is 12.3 Å². The number of aromatic amines is 1. The second-order valence-electron chi connectivity index (χ2n) is 4.29. The van der Waals surface area contributed by atoms with Crippen LogP contribution in [0.1, 0.15) is 23.4 Å². The molecule has 6 nitrogen and oxygen atoms in total. The fraction of sp³-hybridized carbons (Fsp3) is 0.143. The number of anilines is 1. The van der Waals surface area contributed by atoms with Gasteiger partial charge in [0.05, 0.1) is 11.2 Å². The fourth-order valence-electron chi connectivity index (χ4n) is 1.94. The van der Waals surface area contributed by atoms with Gasteiger partial charge < -0.3 is 5.32 Å². The molecule has 1 amide bonds. The van der Waals surface area contributed by atoms with Crippen LogP contribution < -0.4 is 5.32 Å². The Morgan fingerprint density at radius 2 is 2.15 bits per heavy atom. The number of pyridine rings is 1. The molecule has 0 fully saturated rings. The second-order valence-corrected chi connectivity index (χ2v) is 4.29. The molecule has 3 rings (SSSR count). The molecule has 20 heavy (non-hydrogen) atoms. The lowest BCUT2D eigenvalue weighted by molar-refractivity contribution is 0.101. The molecule has 6 heteroatoms. The van der Waals surface area contributed by atoms with Gasteiger partial charge in [-0.25, -0.2) is 4.98 Å². The first-order chi connectivity index (χ1) is 9.78. The zero-order valence-corrected chi connectivity index (χ0v) is 10.9. The monoisotopic (exact) mass is 267 g/mol. The Morgan fingerprint density at radius 1 is 1.30 bits per heavy atom. The van der Waals surface area contributed by atoms with Crippen molar-refractivity contribution in [2.45, 2.75) is 13.3 Å². The van der Waals surface area contributed by atoms with Crippen LogP contribution in [0.25, 0.3) is 10.9 Å². The minimum Gasteiger partial charge on any atom is -0.317 e. The molecule has 2 aromatic heterocycles. The number of hydrogen-bond acceptors (Lipinski definition) is 4. The van der Waals surface area contributed by atoms with E-state index >= 15 is 0 Å². The van der Waals surface area contributed by atoms with Crippen LogP contribution in [0.2, 0.25) is 0 Å². The second kappa shape index (κ2) is 5.08. The average molecular weight is 267 g/mol. The van der Waals surface area contributed by atoms with Crippen molar-refractivity contribution in [1.82, 2.24) is 20.2 Å². The van der Waals surface area contributed by atoms with E-state index in [-0.39, 0.29) is 11.7 Å². The third kappa shape index (κ3) is 2.23. The van der Waals surface area contributed by atoms with E-state index < -0.39 is 0 Å². The number of aromatic nitrogens is 4. The van der Waals surface area contributed by atoms with Crippen LogP contribution in [-0.2, 0) is 6.42 Å². The molecule has 0 aliphatic heterocycles. The Labute approximate surface area is 115 Å². The van der Waals surface area contributed by atoms with E-state index in [1.807, 2.05) is 31.2 Å². The predicted molar refractivity (Wildman–Crippen MR) is 75.5 cm³/mol. The van der Waals surface area contributed by atoms with E-state index in [4.69, 9.17) is 0 Å². The number of nitrogens with one attached hydrogen (secondary N) is 2. The standard InChI is InChI=1S/C14H13N5O/c1-2-11-17-13(19-18-11)14(20)16-10-7-3-5-9-6-4-8-15-12(9)10/h3-8H,2H2,1H3,(H,16,20)(H,17,18,19). The molecule has 1 aromatic carbocycles. The van der Waals surface area contributed by atoms with E-state index in [0.717, 1.165) is 10.9 Å². The van der Waals surface area contributed by atoms with Crippen LogP contribution >= 0.6 is 0 Å². The molecule has 0 radical (unpaired) electrons. The zero-order chi connectivity index (χ0) is 13.9. The summed E-state index contributed by atoms with van der Waals surface area (Å²) in [5, 5.41) is 10.4. The average Bonchev–Trinajstić information content (AvgIpc) is 2.97. The third-order valence-electron chi connectivity index (χ3n) is 2.95. The molecule has 0 bridgehead atoms. The number of aryl methyl sites for hydroxylation is 1. The molecule has 2 heterocycles. The summed E-state index contributed by atoms with van der Waals surface area (Å²) in [6, 6.07) is 9.42. The highest BCUT2D eigenvalue weighted by Gasteiger charge is 2.13. The van der Waals surface area contributed by atoms with Gasteiger partial charge in [-0.05, 0) is 12.1 Å². The summed E-state index contributed by atoms with van der Waals surface area (Å²) in [5.41, 5.74) is 1.39. The van der Waals surface area contributed by atoms with Crippen molar-refractivity contribution in [2.24, 2.45) is 0 Å². The van der Waals surface area contributed by atoms with E-state index in [2.05, 4.69) is 25.5 Å². The van der Waals surface area contributed by atoms with Crippen molar-refractivity contribution >= 4 is 22.5 Å². The molecule has 0 aliphatic carbocycles. The van der Waals surface area contributed by atoms with Gasteiger partial charge in [0.15, 0.2) is 0 Å². The molecular formula is C14H13N5O. The fourth-order valence-corrected chi connectivity index (χ4v) is 1.94. The maximum Gasteiger partial charge on any atom is 0.295 e. The lowest BCUT2D eigenvalue weighted by Gasteiger charge is -2.05. The van der Waals surface area contributed by atoms with Crippen LogP contribution in [0, 0.1) is 0 Å². The molecule has 100 valence electrons.